The summed E-state index contributed by atoms with van der Waals surface area (Å²) < 4.78 is 70.2. The van der Waals surface area contributed by atoms with Gasteiger partial charge in [-0.05, 0) is 66.7 Å². The normalized spacial score (nSPS) is 21.8. The Bertz CT molecular complexity index is 1680. The van der Waals surface area contributed by atoms with Crippen LogP contribution in [0.15, 0.2) is 102 Å². The van der Waals surface area contributed by atoms with Crippen molar-refractivity contribution in [3.8, 4) is 0 Å². The van der Waals surface area contributed by atoms with Gasteiger partial charge in [0.25, 0.3) is 16.0 Å². The zero-order valence-electron chi connectivity index (χ0n) is 23.8. The number of guanidine groups is 2. The highest BCUT2D eigenvalue weighted by Crippen LogP contribution is 2.36. The lowest BCUT2D eigenvalue weighted by Crippen LogP contribution is -2.39. The highest BCUT2D eigenvalue weighted by atomic mass is 35.5. The summed E-state index contributed by atoms with van der Waals surface area (Å²) in [5, 5.41) is 9.81. The molecule has 0 saturated heterocycles. The number of alkyl halides is 3. The van der Waals surface area contributed by atoms with Gasteiger partial charge in [-0.15, -0.1) is 4.40 Å². The van der Waals surface area contributed by atoms with Gasteiger partial charge in [-0.3, -0.25) is 4.99 Å². The van der Waals surface area contributed by atoms with Crippen molar-refractivity contribution in [3.63, 3.8) is 0 Å². The molecule has 14 heteroatoms. The minimum Gasteiger partial charge on any atom is -0.369 e. The van der Waals surface area contributed by atoms with E-state index < -0.39 is 26.7 Å². The molecule has 2 heterocycles. The highest BCUT2D eigenvalue weighted by molar-refractivity contribution is 7.90. The standard InChI is InChI=1S/C30H31ClF3N7O2S/c1-19-17-22(31)12-15-24(19)27-25(20-7-3-2-4-8-20)18-41(39-27)29(38-28(35)37-26-9-5-6-16-36-26)40-44(42,43)23-13-10-21(11-14-23)30(32,33)34/h2-4,7-8,10-15,19,25H,5-6,9,16-18H2,1H3,(H3,35,36,37,38,40)/t19?,25-/m1/s1. The van der Waals surface area contributed by atoms with Gasteiger partial charge in [0.05, 0.1) is 22.7 Å². The highest BCUT2D eigenvalue weighted by Gasteiger charge is 2.36. The molecule has 0 spiro atoms. The van der Waals surface area contributed by atoms with Crippen LogP contribution in [0.1, 0.15) is 49.7 Å². The van der Waals surface area contributed by atoms with Crippen molar-refractivity contribution >= 4 is 45.1 Å². The van der Waals surface area contributed by atoms with E-state index in [2.05, 4.69) is 19.7 Å². The fourth-order valence-electron chi connectivity index (χ4n) is 5.17. The van der Waals surface area contributed by atoms with Gasteiger partial charge in [-0.1, -0.05) is 54.9 Å². The number of allylic oxidation sites excluding steroid dienone is 4. The molecule has 2 atom stereocenters. The molecule has 3 N–H and O–H groups in total. The Hall–Kier alpha value is -3.97. The van der Waals surface area contributed by atoms with Crippen molar-refractivity contribution in [2.75, 3.05) is 13.1 Å². The van der Waals surface area contributed by atoms with Gasteiger partial charge in [-0.25, -0.2) is 5.01 Å². The number of benzene rings is 2. The zero-order valence-corrected chi connectivity index (χ0v) is 25.4. The fraction of sp³-hybridized carbons (Fsp3) is 0.333. The molecule has 1 aliphatic carbocycles. The maximum absolute atomic E-state index is 13.4. The average molecular weight is 646 g/mol. The van der Waals surface area contributed by atoms with Crippen molar-refractivity contribution in [1.29, 1.82) is 0 Å². The smallest absolute Gasteiger partial charge is 0.369 e. The molecule has 2 aromatic carbocycles. The molecule has 44 heavy (non-hydrogen) atoms. The van der Waals surface area contributed by atoms with Crippen LogP contribution in [0.25, 0.3) is 0 Å². The molecule has 0 aromatic heterocycles. The third-order valence-corrected chi connectivity index (χ3v) is 8.97. The molecule has 0 amide bonds. The summed E-state index contributed by atoms with van der Waals surface area (Å²) in [5.41, 5.74) is 7.80. The van der Waals surface area contributed by atoms with E-state index in [-0.39, 0.29) is 30.3 Å². The second kappa shape index (κ2) is 12.9. The van der Waals surface area contributed by atoms with Gasteiger partial charge in [0.15, 0.2) is 0 Å². The first-order chi connectivity index (χ1) is 20.9. The second-order valence-corrected chi connectivity index (χ2v) is 12.8. The van der Waals surface area contributed by atoms with E-state index in [0.717, 1.165) is 36.1 Å². The third-order valence-electron chi connectivity index (χ3n) is 7.42. The number of hydrogen-bond acceptors (Lipinski definition) is 4. The summed E-state index contributed by atoms with van der Waals surface area (Å²) in [6.45, 7) is 2.84. The molecule has 0 saturated carbocycles. The van der Waals surface area contributed by atoms with E-state index in [0.29, 0.717) is 48.1 Å². The summed E-state index contributed by atoms with van der Waals surface area (Å²) in [5.74, 6) is -0.124. The lowest BCUT2D eigenvalue weighted by Gasteiger charge is -2.22. The predicted octanol–water partition coefficient (Wildman–Crippen LogP) is 5.78. The van der Waals surface area contributed by atoms with Crippen molar-refractivity contribution in [3.05, 3.63) is 88.5 Å². The predicted molar refractivity (Wildman–Crippen MR) is 166 cm³/mol. The molecular weight excluding hydrogens is 615 g/mol. The summed E-state index contributed by atoms with van der Waals surface area (Å²) in [7, 11) is -4.53. The van der Waals surface area contributed by atoms with Crippen molar-refractivity contribution in [2.45, 2.75) is 49.6 Å². The summed E-state index contributed by atoms with van der Waals surface area (Å²) in [6, 6.07) is 12.7. The van der Waals surface area contributed by atoms with Crippen molar-refractivity contribution < 1.29 is 21.6 Å². The topological polar surface area (TPSA) is 125 Å². The van der Waals surface area contributed by atoms with Crippen LogP contribution in [0.5, 0.6) is 0 Å². The van der Waals surface area contributed by atoms with Crippen molar-refractivity contribution in [2.24, 2.45) is 31.1 Å². The largest absolute Gasteiger partial charge is 0.416 e. The summed E-state index contributed by atoms with van der Waals surface area (Å²) >= 11 is 6.29. The van der Waals surface area contributed by atoms with Crippen LogP contribution in [0.3, 0.4) is 0 Å². The fourth-order valence-corrected chi connectivity index (χ4v) is 6.40. The number of rotatable bonds is 4. The number of hydrogen-bond donors (Lipinski definition) is 2. The van der Waals surface area contributed by atoms with Crippen LogP contribution in [0, 0.1) is 5.92 Å². The lowest BCUT2D eigenvalue weighted by atomic mass is 9.82. The Kier molecular flexibility index (Phi) is 9.26. The second-order valence-electron chi connectivity index (χ2n) is 10.7. The molecule has 0 fully saturated rings. The Labute approximate surface area is 258 Å². The van der Waals surface area contributed by atoms with Crippen LogP contribution in [0.2, 0.25) is 0 Å². The first-order valence-corrected chi connectivity index (χ1v) is 15.9. The van der Waals surface area contributed by atoms with Gasteiger partial charge in [0.1, 0.15) is 5.84 Å². The van der Waals surface area contributed by atoms with Crippen LogP contribution in [-0.4, -0.2) is 50.0 Å². The third kappa shape index (κ3) is 7.39. The van der Waals surface area contributed by atoms with Crippen LogP contribution in [-0.2, 0) is 16.2 Å². The summed E-state index contributed by atoms with van der Waals surface area (Å²) in [4.78, 5) is 8.27. The van der Waals surface area contributed by atoms with Gasteiger partial charge in [-0.2, -0.15) is 31.7 Å². The van der Waals surface area contributed by atoms with E-state index in [1.54, 1.807) is 0 Å². The Morgan fingerprint density at radius 1 is 1.09 bits per heavy atom. The van der Waals surface area contributed by atoms with Crippen LogP contribution >= 0.6 is 11.6 Å². The monoisotopic (exact) mass is 645 g/mol. The Morgan fingerprint density at radius 2 is 1.82 bits per heavy atom. The van der Waals surface area contributed by atoms with E-state index >= 15 is 0 Å². The molecule has 5 rings (SSSR count). The maximum atomic E-state index is 13.4. The number of nitrogens with zero attached hydrogens (tertiary/aromatic N) is 5. The van der Waals surface area contributed by atoms with Gasteiger partial charge in [0, 0.05) is 23.9 Å². The SMILES string of the molecule is CC1CC(Cl)=CC=C1C1=NN(C(/N=C(\N)NC2=NCCCC2)=N/S(=O)(=O)c2ccc(C(F)(F)F)cc2)C[C@@H]1c1ccccc1. The number of amidine groups is 1. The first kappa shape index (κ1) is 31.5. The zero-order chi connectivity index (χ0) is 31.5. The number of hydrazone groups is 1. The van der Waals surface area contributed by atoms with Crippen molar-refractivity contribution in [1.82, 2.24) is 10.3 Å². The van der Waals surface area contributed by atoms with E-state index in [1.807, 2.05) is 49.4 Å². The molecule has 0 radical (unpaired) electrons. The quantitative estimate of drug-likeness (QED) is 0.322. The molecule has 2 aliphatic heterocycles. The molecule has 9 nitrogen and oxygen atoms in total. The number of nitrogens with one attached hydrogen (secondary N) is 1. The van der Waals surface area contributed by atoms with Crippen LogP contribution in [0.4, 0.5) is 13.2 Å². The molecule has 0 bridgehead atoms. The molecule has 1 unspecified atom stereocenters. The number of halogens is 4. The number of sulfonamides is 1. The molecular formula is C30H31ClF3N7O2S. The molecule has 2 aromatic rings. The van der Waals surface area contributed by atoms with Gasteiger partial charge < -0.3 is 11.1 Å². The van der Waals surface area contributed by atoms with E-state index in [1.165, 1.54) is 5.01 Å². The minimum absolute atomic E-state index is 0.0354. The van der Waals surface area contributed by atoms with Gasteiger partial charge in [0.2, 0.25) is 5.96 Å². The summed E-state index contributed by atoms with van der Waals surface area (Å²) in [6.07, 6.45) is 2.23. The Balaban J connectivity index is 1.58. The number of aliphatic imine (C=N–C) groups is 2. The first-order valence-electron chi connectivity index (χ1n) is 14.0. The Morgan fingerprint density at radius 3 is 2.45 bits per heavy atom. The van der Waals surface area contributed by atoms with Crippen LogP contribution < -0.4 is 11.1 Å². The molecule has 3 aliphatic rings. The minimum atomic E-state index is -4.62. The average Bonchev–Trinajstić information content (AvgIpc) is 3.42. The maximum Gasteiger partial charge on any atom is 0.416 e. The van der Waals surface area contributed by atoms with Gasteiger partial charge >= 0.3 is 6.18 Å². The van der Waals surface area contributed by atoms with E-state index in [4.69, 9.17) is 22.4 Å². The molecule has 232 valence electrons. The lowest BCUT2D eigenvalue weighted by molar-refractivity contribution is -0.137. The number of nitrogens with two attached hydrogens (primary N) is 1. The van der Waals surface area contributed by atoms with E-state index in [9.17, 15) is 21.6 Å².